The summed E-state index contributed by atoms with van der Waals surface area (Å²) in [5, 5.41) is 0. The third kappa shape index (κ3) is 4.37. The molecule has 0 bridgehead atoms. The lowest BCUT2D eigenvalue weighted by molar-refractivity contribution is -0.153. The molecule has 1 aliphatic rings. The Hall–Kier alpha value is -1.62. The van der Waals surface area contributed by atoms with E-state index in [1.165, 1.54) is 0 Å². The lowest BCUT2D eigenvalue weighted by Gasteiger charge is -2.45. The number of piperidine rings is 1. The van der Waals surface area contributed by atoms with E-state index in [0.717, 1.165) is 48.3 Å². The van der Waals surface area contributed by atoms with Gasteiger partial charge in [0.05, 0.1) is 12.3 Å². The van der Waals surface area contributed by atoms with Crippen molar-refractivity contribution < 1.29 is 9.53 Å². The van der Waals surface area contributed by atoms with Crippen LogP contribution in [0.5, 0.6) is 0 Å². The van der Waals surface area contributed by atoms with Gasteiger partial charge in [-0.15, -0.1) is 6.58 Å². The van der Waals surface area contributed by atoms with Crippen molar-refractivity contribution in [1.82, 2.24) is 4.90 Å². The van der Waals surface area contributed by atoms with Crippen LogP contribution in [0.25, 0.3) is 0 Å². The summed E-state index contributed by atoms with van der Waals surface area (Å²) in [6.07, 6.45) is 4.92. The van der Waals surface area contributed by atoms with Crippen LogP contribution in [0.15, 0.2) is 46.4 Å². The van der Waals surface area contributed by atoms with Crippen molar-refractivity contribution in [3.8, 4) is 0 Å². The molecule has 142 valence electrons. The van der Waals surface area contributed by atoms with E-state index in [1.54, 1.807) is 0 Å². The molecule has 4 nitrogen and oxygen atoms in total. The van der Waals surface area contributed by atoms with Crippen LogP contribution in [0.4, 0.5) is 5.69 Å². The molecule has 0 radical (unpaired) electrons. The van der Waals surface area contributed by atoms with Crippen molar-refractivity contribution in [3.05, 3.63) is 41.4 Å². The van der Waals surface area contributed by atoms with Gasteiger partial charge < -0.3 is 9.64 Å². The van der Waals surface area contributed by atoms with Crippen LogP contribution >= 0.6 is 15.9 Å². The lowest BCUT2D eigenvalue weighted by atomic mass is 9.71. The van der Waals surface area contributed by atoms with E-state index in [4.69, 9.17) is 9.73 Å². The van der Waals surface area contributed by atoms with Crippen LogP contribution in [0.1, 0.15) is 40.0 Å². The van der Waals surface area contributed by atoms with Crippen molar-refractivity contribution in [2.75, 3.05) is 19.7 Å². The minimum Gasteiger partial charge on any atom is -0.465 e. The number of esters is 1. The predicted molar refractivity (Wildman–Crippen MR) is 111 cm³/mol. The minimum absolute atomic E-state index is 0.00799. The second-order valence-corrected chi connectivity index (χ2v) is 7.72. The van der Waals surface area contributed by atoms with Gasteiger partial charge in [0.25, 0.3) is 0 Å². The molecule has 1 aliphatic heterocycles. The van der Waals surface area contributed by atoms with E-state index < -0.39 is 5.41 Å². The average molecular weight is 421 g/mol. The number of allylic oxidation sites excluding steroid dienone is 1. The highest BCUT2D eigenvalue weighted by Crippen LogP contribution is 2.40. The third-order valence-electron chi connectivity index (χ3n) is 5.04. The summed E-state index contributed by atoms with van der Waals surface area (Å²) in [6, 6.07) is 7.84. The smallest absolute Gasteiger partial charge is 0.320 e. The topological polar surface area (TPSA) is 41.9 Å². The number of hydrogen-bond donors (Lipinski definition) is 0. The number of carbonyl (C=O) groups is 1. The Bertz CT molecular complexity index is 656. The fourth-order valence-corrected chi connectivity index (χ4v) is 3.72. The van der Waals surface area contributed by atoms with E-state index in [2.05, 4.69) is 34.3 Å². The number of likely N-dealkylation sites (tertiary alicyclic amines) is 1. The van der Waals surface area contributed by atoms with Gasteiger partial charge in [-0.1, -0.05) is 35.4 Å². The number of nitrogens with zero attached hydrogens (tertiary/aromatic N) is 2. The number of aliphatic imine (C=N–C) groups is 1. The van der Waals surface area contributed by atoms with Gasteiger partial charge in [-0.3, -0.25) is 4.79 Å². The fraction of sp³-hybridized carbons (Fsp3) is 0.524. The van der Waals surface area contributed by atoms with Crippen molar-refractivity contribution in [1.29, 1.82) is 0 Å². The molecule has 0 saturated carbocycles. The maximum Gasteiger partial charge on any atom is 0.320 e. The number of benzene rings is 1. The summed E-state index contributed by atoms with van der Waals surface area (Å²) in [6.45, 7) is 12.1. The van der Waals surface area contributed by atoms with Gasteiger partial charge >= 0.3 is 5.97 Å². The SMILES string of the molecule is C=CC1CCN(CCCC)C(=Nc2ccc(Br)cc2)C1(C)C(=O)OCC. The molecule has 2 rings (SSSR count). The molecule has 2 unspecified atom stereocenters. The normalized spacial score (nSPS) is 24.5. The van der Waals surface area contributed by atoms with E-state index in [1.807, 2.05) is 44.2 Å². The first-order valence-electron chi connectivity index (χ1n) is 9.36. The third-order valence-corrected chi connectivity index (χ3v) is 5.57. The molecular formula is C21H29BrN2O2. The Morgan fingerprint density at radius 2 is 2.12 bits per heavy atom. The molecule has 1 fully saturated rings. The van der Waals surface area contributed by atoms with Crippen LogP contribution in [0, 0.1) is 11.3 Å². The van der Waals surface area contributed by atoms with Crippen LogP contribution < -0.4 is 0 Å². The van der Waals surface area contributed by atoms with Gasteiger partial charge in [-0.25, -0.2) is 4.99 Å². The van der Waals surface area contributed by atoms with Crippen LogP contribution in [0.2, 0.25) is 0 Å². The average Bonchev–Trinajstić information content (AvgIpc) is 2.64. The zero-order valence-corrected chi connectivity index (χ0v) is 17.6. The van der Waals surface area contributed by atoms with Crippen molar-refractivity contribution in [2.24, 2.45) is 16.3 Å². The van der Waals surface area contributed by atoms with Crippen LogP contribution in [-0.4, -0.2) is 36.4 Å². The molecule has 5 heteroatoms. The summed E-state index contributed by atoms with van der Waals surface area (Å²) in [4.78, 5) is 20.2. The number of rotatable bonds is 7. The van der Waals surface area contributed by atoms with Crippen molar-refractivity contribution in [3.63, 3.8) is 0 Å². The van der Waals surface area contributed by atoms with Gasteiger partial charge in [-0.2, -0.15) is 0 Å². The predicted octanol–water partition coefficient (Wildman–Crippen LogP) is 5.36. The van der Waals surface area contributed by atoms with Crippen molar-refractivity contribution in [2.45, 2.75) is 40.0 Å². The standard InChI is InChI=1S/C21H29BrN2O2/c1-5-8-14-24-15-13-16(6-2)21(4,20(25)26-7-3)19(24)23-18-11-9-17(22)10-12-18/h6,9-12,16H,2,5,7-8,13-15H2,1,3-4H3. The van der Waals surface area contributed by atoms with Gasteiger partial charge in [0.2, 0.25) is 0 Å². The summed E-state index contributed by atoms with van der Waals surface area (Å²) in [7, 11) is 0. The lowest BCUT2D eigenvalue weighted by Crippen LogP contribution is -2.56. The summed E-state index contributed by atoms with van der Waals surface area (Å²) >= 11 is 3.46. The molecule has 0 amide bonds. The minimum atomic E-state index is -0.823. The molecule has 1 heterocycles. The number of hydrogen-bond acceptors (Lipinski definition) is 3. The van der Waals surface area contributed by atoms with E-state index >= 15 is 0 Å². The Morgan fingerprint density at radius 1 is 1.42 bits per heavy atom. The zero-order valence-electron chi connectivity index (χ0n) is 16.0. The summed E-state index contributed by atoms with van der Waals surface area (Å²) in [5.41, 5.74) is 0.0153. The zero-order chi connectivity index (χ0) is 19.2. The molecule has 0 aliphatic carbocycles. The van der Waals surface area contributed by atoms with Crippen LogP contribution in [0.3, 0.4) is 0 Å². The number of halogens is 1. The first kappa shape index (κ1) is 20.7. The molecule has 0 aromatic heterocycles. The van der Waals surface area contributed by atoms with Crippen LogP contribution in [-0.2, 0) is 9.53 Å². The fourth-order valence-electron chi connectivity index (χ4n) is 3.45. The first-order chi connectivity index (χ1) is 12.5. The Balaban J connectivity index is 2.53. The van der Waals surface area contributed by atoms with Gasteiger partial charge in [0, 0.05) is 23.5 Å². The monoisotopic (exact) mass is 420 g/mol. The summed E-state index contributed by atoms with van der Waals surface area (Å²) in [5.74, 6) is 0.582. The molecule has 1 saturated heterocycles. The molecular weight excluding hydrogens is 392 g/mol. The maximum absolute atomic E-state index is 13.0. The Kier molecular flexibility index (Phi) is 7.44. The first-order valence-corrected chi connectivity index (χ1v) is 10.2. The number of ether oxygens (including phenoxy) is 1. The molecule has 1 aromatic carbocycles. The molecule has 0 N–H and O–H groups in total. The summed E-state index contributed by atoms with van der Waals surface area (Å²) < 4.78 is 6.46. The second-order valence-electron chi connectivity index (χ2n) is 6.81. The molecule has 1 aromatic rings. The number of carbonyl (C=O) groups excluding carboxylic acids is 1. The Labute approximate surface area is 165 Å². The molecule has 0 spiro atoms. The largest absolute Gasteiger partial charge is 0.465 e. The van der Waals surface area contributed by atoms with Gasteiger partial charge in [0.15, 0.2) is 0 Å². The Morgan fingerprint density at radius 3 is 2.69 bits per heavy atom. The number of amidine groups is 1. The van der Waals surface area contributed by atoms with E-state index in [-0.39, 0.29) is 11.9 Å². The van der Waals surface area contributed by atoms with E-state index in [0.29, 0.717) is 6.61 Å². The molecule has 2 atom stereocenters. The quantitative estimate of drug-likeness (QED) is 0.440. The number of unbranched alkanes of at least 4 members (excludes halogenated alkanes) is 1. The molecule has 26 heavy (non-hydrogen) atoms. The highest BCUT2D eigenvalue weighted by molar-refractivity contribution is 9.10. The maximum atomic E-state index is 13.0. The highest BCUT2D eigenvalue weighted by atomic mass is 79.9. The highest BCUT2D eigenvalue weighted by Gasteiger charge is 2.50. The van der Waals surface area contributed by atoms with Gasteiger partial charge in [-0.05, 0) is 51.0 Å². The second kappa shape index (κ2) is 9.36. The van der Waals surface area contributed by atoms with Gasteiger partial charge in [0.1, 0.15) is 11.3 Å². The van der Waals surface area contributed by atoms with Crippen molar-refractivity contribution >= 4 is 33.4 Å². The van der Waals surface area contributed by atoms with E-state index in [9.17, 15) is 4.79 Å².